The van der Waals surface area contributed by atoms with Gasteiger partial charge in [0.05, 0.1) is 0 Å². The third-order valence-electron chi connectivity index (χ3n) is 4.43. The van der Waals surface area contributed by atoms with E-state index in [1.54, 1.807) is 0 Å². The molecule has 1 aliphatic carbocycles. The van der Waals surface area contributed by atoms with Gasteiger partial charge in [0.25, 0.3) is 0 Å². The molecule has 1 fully saturated rings. The maximum atomic E-state index is 6.49. The van der Waals surface area contributed by atoms with Crippen molar-refractivity contribution in [3.05, 3.63) is 34.3 Å². The van der Waals surface area contributed by atoms with E-state index < -0.39 is 0 Å². The van der Waals surface area contributed by atoms with Crippen LogP contribution in [0.1, 0.15) is 44.6 Å². The van der Waals surface area contributed by atoms with E-state index in [1.807, 2.05) is 0 Å². The van der Waals surface area contributed by atoms with Gasteiger partial charge in [0.1, 0.15) is 0 Å². The summed E-state index contributed by atoms with van der Waals surface area (Å²) in [5.74, 6) is 0. The summed E-state index contributed by atoms with van der Waals surface area (Å²) in [4.78, 5) is 0. The number of rotatable bonds is 4. The van der Waals surface area contributed by atoms with Crippen LogP contribution in [0.3, 0.4) is 0 Å². The molecule has 2 heteroatoms. The highest BCUT2D eigenvalue weighted by atomic mass is 79.9. The second-order valence-corrected chi connectivity index (χ2v) is 6.28. The second kappa shape index (κ2) is 5.53. The molecule has 94 valence electrons. The molecule has 1 nitrogen and oxygen atoms in total. The van der Waals surface area contributed by atoms with Crippen LogP contribution >= 0.6 is 15.9 Å². The summed E-state index contributed by atoms with van der Waals surface area (Å²) >= 11 is 3.53. The van der Waals surface area contributed by atoms with Crippen LogP contribution in [0.2, 0.25) is 0 Å². The standard InChI is InChI=1S/C15H22BrN/c1-2-15(8-3-4-9-15)14(17)11-12-6-5-7-13(16)10-12/h5-7,10,14H,2-4,8-9,11,17H2,1H3. The van der Waals surface area contributed by atoms with Crippen molar-refractivity contribution in [3.8, 4) is 0 Å². The Balaban J connectivity index is 2.07. The SMILES string of the molecule is CCC1(C(N)Cc2cccc(Br)c2)CCCC1. The molecule has 2 rings (SSSR count). The first-order valence-electron chi connectivity index (χ1n) is 6.66. The lowest BCUT2D eigenvalue weighted by molar-refractivity contribution is 0.219. The maximum Gasteiger partial charge on any atom is 0.0178 e. The lowest BCUT2D eigenvalue weighted by Gasteiger charge is -2.34. The lowest BCUT2D eigenvalue weighted by atomic mass is 9.74. The fraction of sp³-hybridized carbons (Fsp3) is 0.600. The molecule has 0 aliphatic heterocycles. The summed E-state index contributed by atoms with van der Waals surface area (Å²) in [7, 11) is 0. The Morgan fingerprint density at radius 3 is 2.65 bits per heavy atom. The van der Waals surface area contributed by atoms with Crippen LogP contribution in [0.25, 0.3) is 0 Å². The Hall–Kier alpha value is -0.340. The van der Waals surface area contributed by atoms with Crippen molar-refractivity contribution in [1.29, 1.82) is 0 Å². The van der Waals surface area contributed by atoms with Crippen LogP contribution in [0, 0.1) is 5.41 Å². The monoisotopic (exact) mass is 295 g/mol. The van der Waals surface area contributed by atoms with Crippen LogP contribution in [0.4, 0.5) is 0 Å². The van der Waals surface area contributed by atoms with Crippen LogP contribution < -0.4 is 5.73 Å². The van der Waals surface area contributed by atoms with Crippen molar-refractivity contribution < 1.29 is 0 Å². The summed E-state index contributed by atoms with van der Waals surface area (Å²) in [5.41, 5.74) is 8.25. The highest BCUT2D eigenvalue weighted by Gasteiger charge is 2.37. The topological polar surface area (TPSA) is 26.0 Å². The zero-order valence-corrected chi connectivity index (χ0v) is 12.2. The highest BCUT2D eigenvalue weighted by Crippen LogP contribution is 2.43. The average molecular weight is 296 g/mol. The summed E-state index contributed by atoms with van der Waals surface area (Å²) in [6.07, 6.45) is 7.59. The van der Waals surface area contributed by atoms with Crippen LogP contribution in [-0.2, 0) is 6.42 Å². The molecule has 17 heavy (non-hydrogen) atoms. The molecule has 0 saturated heterocycles. The molecule has 0 aromatic heterocycles. The quantitative estimate of drug-likeness (QED) is 0.881. The molecule has 1 saturated carbocycles. The molecule has 1 aromatic carbocycles. The third kappa shape index (κ3) is 2.92. The Morgan fingerprint density at radius 2 is 2.06 bits per heavy atom. The predicted molar refractivity (Wildman–Crippen MR) is 77.0 cm³/mol. The summed E-state index contributed by atoms with van der Waals surface area (Å²) in [6.45, 7) is 2.30. The van der Waals surface area contributed by atoms with Gasteiger partial charge < -0.3 is 5.73 Å². The van der Waals surface area contributed by atoms with Crippen molar-refractivity contribution in [3.63, 3.8) is 0 Å². The minimum Gasteiger partial charge on any atom is -0.327 e. The first-order valence-corrected chi connectivity index (χ1v) is 7.45. The molecule has 1 aliphatic rings. The van der Waals surface area contributed by atoms with Gasteiger partial charge in [-0.3, -0.25) is 0 Å². The van der Waals surface area contributed by atoms with Gasteiger partial charge in [0.15, 0.2) is 0 Å². The zero-order valence-electron chi connectivity index (χ0n) is 10.6. The van der Waals surface area contributed by atoms with E-state index in [9.17, 15) is 0 Å². The van der Waals surface area contributed by atoms with Crippen molar-refractivity contribution in [2.75, 3.05) is 0 Å². The molecule has 1 atom stereocenters. The fourth-order valence-electron chi connectivity index (χ4n) is 3.20. The van der Waals surface area contributed by atoms with Crippen LogP contribution in [0.15, 0.2) is 28.7 Å². The third-order valence-corrected chi connectivity index (χ3v) is 4.93. The molecule has 0 bridgehead atoms. The molecule has 0 radical (unpaired) electrons. The molecule has 0 heterocycles. The number of halogens is 1. The summed E-state index contributed by atoms with van der Waals surface area (Å²) in [6, 6.07) is 8.85. The van der Waals surface area contributed by atoms with E-state index in [0.717, 1.165) is 10.9 Å². The van der Waals surface area contributed by atoms with Gasteiger partial charge in [-0.25, -0.2) is 0 Å². The van der Waals surface area contributed by atoms with Crippen LogP contribution in [-0.4, -0.2) is 6.04 Å². The molecule has 2 N–H and O–H groups in total. The second-order valence-electron chi connectivity index (χ2n) is 5.36. The van der Waals surface area contributed by atoms with E-state index in [4.69, 9.17) is 5.73 Å². The van der Waals surface area contributed by atoms with Gasteiger partial charge in [-0.15, -0.1) is 0 Å². The first-order chi connectivity index (χ1) is 8.16. The Kier molecular flexibility index (Phi) is 4.26. The molecule has 0 spiro atoms. The Morgan fingerprint density at radius 1 is 1.35 bits per heavy atom. The molecule has 1 unspecified atom stereocenters. The normalized spacial score (nSPS) is 20.4. The van der Waals surface area contributed by atoms with Gasteiger partial charge in [-0.05, 0) is 48.8 Å². The maximum absolute atomic E-state index is 6.49. The highest BCUT2D eigenvalue weighted by molar-refractivity contribution is 9.10. The van der Waals surface area contributed by atoms with E-state index in [2.05, 4.69) is 47.1 Å². The number of nitrogens with two attached hydrogens (primary N) is 1. The Labute approximate surface area is 113 Å². The Bertz CT molecular complexity index is 369. The van der Waals surface area contributed by atoms with Gasteiger partial charge in [-0.2, -0.15) is 0 Å². The van der Waals surface area contributed by atoms with E-state index in [0.29, 0.717) is 11.5 Å². The summed E-state index contributed by atoms with van der Waals surface area (Å²) < 4.78 is 1.15. The van der Waals surface area contributed by atoms with Gasteiger partial charge in [0.2, 0.25) is 0 Å². The van der Waals surface area contributed by atoms with Crippen molar-refractivity contribution in [1.82, 2.24) is 0 Å². The van der Waals surface area contributed by atoms with E-state index in [1.165, 1.54) is 37.7 Å². The average Bonchev–Trinajstić information content (AvgIpc) is 2.78. The van der Waals surface area contributed by atoms with Gasteiger partial charge in [-0.1, -0.05) is 47.8 Å². The lowest BCUT2D eigenvalue weighted by Crippen LogP contribution is -2.41. The number of hydrogen-bond donors (Lipinski definition) is 1. The minimum absolute atomic E-state index is 0.310. The minimum atomic E-state index is 0.310. The van der Waals surface area contributed by atoms with Crippen molar-refractivity contribution in [2.24, 2.45) is 11.1 Å². The zero-order chi connectivity index (χ0) is 12.3. The van der Waals surface area contributed by atoms with Gasteiger partial charge >= 0.3 is 0 Å². The van der Waals surface area contributed by atoms with Crippen molar-refractivity contribution in [2.45, 2.75) is 51.5 Å². The van der Waals surface area contributed by atoms with E-state index >= 15 is 0 Å². The molecule has 1 aromatic rings. The molecular formula is C15H22BrN. The first kappa shape index (κ1) is 13.1. The van der Waals surface area contributed by atoms with Crippen molar-refractivity contribution >= 4 is 15.9 Å². The predicted octanol–water partition coefficient (Wildman–Crippen LogP) is 4.29. The number of hydrogen-bond acceptors (Lipinski definition) is 1. The summed E-state index contributed by atoms with van der Waals surface area (Å²) in [5, 5.41) is 0. The smallest absolute Gasteiger partial charge is 0.0178 e. The largest absolute Gasteiger partial charge is 0.327 e. The van der Waals surface area contributed by atoms with E-state index in [-0.39, 0.29) is 0 Å². The molecule has 0 amide bonds. The van der Waals surface area contributed by atoms with Crippen LogP contribution in [0.5, 0.6) is 0 Å². The van der Waals surface area contributed by atoms with Gasteiger partial charge in [0, 0.05) is 10.5 Å². The number of benzene rings is 1. The molecular weight excluding hydrogens is 274 g/mol. The fourth-order valence-corrected chi connectivity index (χ4v) is 3.65.